The SMILES string of the molecule is Cc1ccc(N2CC(CN)N(C)S2(=O)=O)cc1C. The Morgan fingerprint density at radius 3 is 2.50 bits per heavy atom. The topological polar surface area (TPSA) is 66.6 Å². The molecule has 100 valence electrons. The normalized spacial score (nSPS) is 23.6. The van der Waals surface area contributed by atoms with Crippen LogP contribution in [0.4, 0.5) is 5.69 Å². The van der Waals surface area contributed by atoms with Gasteiger partial charge in [0.2, 0.25) is 0 Å². The molecule has 18 heavy (non-hydrogen) atoms. The number of likely N-dealkylation sites (N-methyl/N-ethyl adjacent to an activating group) is 1. The Morgan fingerprint density at radius 1 is 1.33 bits per heavy atom. The minimum atomic E-state index is -3.42. The Balaban J connectivity index is 2.42. The molecular weight excluding hydrogens is 250 g/mol. The molecule has 1 aromatic carbocycles. The van der Waals surface area contributed by atoms with E-state index in [0.717, 1.165) is 11.1 Å². The minimum absolute atomic E-state index is 0.156. The van der Waals surface area contributed by atoms with Crippen molar-refractivity contribution in [1.82, 2.24) is 4.31 Å². The van der Waals surface area contributed by atoms with Crippen LogP contribution in [0.3, 0.4) is 0 Å². The van der Waals surface area contributed by atoms with E-state index in [2.05, 4.69) is 0 Å². The fraction of sp³-hybridized carbons (Fsp3) is 0.500. The molecule has 0 saturated carbocycles. The van der Waals surface area contributed by atoms with E-state index < -0.39 is 10.2 Å². The van der Waals surface area contributed by atoms with Gasteiger partial charge in [-0.2, -0.15) is 12.7 Å². The van der Waals surface area contributed by atoms with Crippen LogP contribution < -0.4 is 10.0 Å². The molecule has 1 saturated heterocycles. The summed E-state index contributed by atoms with van der Waals surface area (Å²) in [5.74, 6) is 0. The van der Waals surface area contributed by atoms with E-state index in [0.29, 0.717) is 18.8 Å². The van der Waals surface area contributed by atoms with Crippen molar-refractivity contribution in [1.29, 1.82) is 0 Å². The van der Waals surface area contributed by atoms with Gasteiger partial charge in [-0.3, -0.25) is 4.31 Å². The highest BCUT2D eigenvalue weighted by atomic mass is 32.2. The van der Waals surface area contributed by atoms with Crippen LogP contribution in [0.1, 0.15) is 11.1 Å². The molecule has 1 aliphatic heterocycles. The third kappa shape index (κ3) is 2.00. The van der Waals surface area contributed by atoms with Crippen molar-refractivity contribution in [3.8, 4) is 0 Å². The van der Waals surface area contributed by atoms with Crippen molar-refractivity contribution in [2.75, 3.05) is 24.4 Å². The second-order valence-corrected chi connectivity index (χ2v) is 6.63. The molecule has 1 aromatic rings. The van der Waals surface area contributed by atoms with E-state index in [1.54, 1.807) is 7.05 Å². The molecule has 0 amide bonds. The van der Waals surface area contributed by atoms with Crippen LogP contribution in [-0.4, -0.2) is 38.9 Å². The van der Waals surface area contributed by atoms with Crippen LogP contribution in [0.25, 0.3) is 0 Å². The molecule has 0 radical (unpaired) electrons. The van der Waals surface area contributed by atoms with E-state index >= 15 is 0 Å². The smallest absolute Gasteiger partial charge is 0.304 e. The summed E-state index contributed by atoms with van der Waals surface area (Å²) in [5, 5.41) is 0. The van der Waals surface area contributed by atoms with Crippen molar-refractivity contribution >= 4 is 15.9 Å². The third-order valence-corrected chi connectivity index (χ3v) is 5.53. The number of rotatable bonds is 2. The maximum Gasteiger partial charge on any atom is 0.304 e. The van der Waals surface area contributed by atoms with Crippen LogP contribution in [0.15, 0.2) is 18.2 Å². The first kappa shape index (κ1) is 13.3. The molecule has 1 heterocycles. The Kier molecular flexibility index (Phi) is 3.35. The predicted octanol–water partition coefficient (Wildman–Crippen LogP) is 0.627. The first-order valence-electron chi connectivity index (χ1n) is 5.91. The van der Waals surface area contributed by atoms with Gasteiger partial charge in [0.15, 0.2) is 0 Å². The first-order valence-corrected chi connectivity index (χ1v) is 7.30. The van der Waals surface area contributed by atoms with Crippen LogP contribution in [-0.2, 0) is 10.2 Å². The predicted molar refractivity (Wildman–Crippen MR) is 72.8 cm³/mol. The van der Waals surface area contributed by atoms with Gasteiger partial charge in [0, 0.05) is 13.6 Å². The van der Waals surface area contributed by atoms with Crippen molar-refractivity contribution in [2.45, 2.75) is 19.9 Å². The van der Waals surface area contributed by atoms with Gasteiger partial charge in [-0.15, -0.1) is 0 Å². The molecule has 0 aromatic heterocycles. The largest absolute Gasteiger partial charge is 0.329 e. The molecule has 0 aliphatic carbocycles. The molecule has 6 heteroatoms. The van der Waals surface area contributed by atoms with Gasteiger partial charge in [-0.25, -0.2) is 0 Å². The quantitative estimate of drug-likeness (QED) is 0.856. The van der Waals surface area contributed by atoms with Crippen molar-refractivity contribution in [3.05, 3.63) is 29.3 Å². The summed E-state index contributed by atoms with van der Waals surface area (Å²) in [7, 11) is -1.85. The molecule has 2 rings (SSSR count). The van der Waals surface area contributed by atoms with Gasteiger partial charge in [-0.05, 0) is 37.1 Å². The number of hydrogen-bond acceptors (Lipinski definition) is 3. The molecule has 1 atom stereocenters. The summed E-state index contributed by atoms with van der Waals surface area (Å²) in [6, 6.07) is 5.53. The molecular formula is C12H19N3O2S. The van der Waals surface area contributed by atoms with Gasteiger partial charge in [0.25, 0.3) is 0 Å². The number of anilines is 1. The maximum atomic E-state index is 12.3. The molecule has 0 spiro atoms. The Bertz CT molecular complexity index is 556. The van der Waals surface area contributed by atoms with Gasteiger partial charge >= 0.3 is 10.2 Å². The zero-order valence-electron chi connectivity index (χ0n) is 10.9. The van der Waals surface area contributed by atoms with E-state index in [4.69, 9.17) is 5.73 Å². The Labute approximate surface area is 108 Å². The van der Waals surface area contributed by atoms with E-state index in [1.165, 1.54) is 8.61 Å². The molecule has 0 bridgehead atoms. The van der Waals surface area contributed by atoms with Crippen molar-refractivity contribution < 1.29 is 8.42 Å². The summed E-state index contributed by atoms with van der Waals surface area (Å²) >= 11 is 0. The number of nitrogens with two attached hydrogens (primary N) is 1. The molecule has 2 N–H and O–H groups in total. The van der Waals surface area contributed by atoms with E-state index in [-0.39, 0.29) is 6.04 Å². The second kappa shape index (κ2) is 4.53. The summed E-state index contributed by atoms with van der Waals surface area (Å²) in [6.45, 7) is 4.73. The monoisotopic (exact) mass is 269 g/mol. The molecule has 1 aliphatic rings. The zero-order valence-corrected chi connectivity index (χ0v) is 11.7. The van der Waals surface area contributed by atoms with Gasteiger partial charge < -0.3 is 5.73 Å². The highest BCUT2D eigenvalue weighted by Crippen LogP contribution is 2.28. The molecule has 1 fully saturated rings. The van der Waals surface area contributed by atoms with Crippen LogP contribution in [0.2, 0.25) is 0 Å². The zero-order chi connectivity index (χ0) is 13.5. The number of benzene rings is 1. The average Bonchev–Trinajstić information content (AvgIpc) is 2.55. The molecule has 1 unspecified atom stereocenters. The summed E-state index contributed by atoms with van der Waals surface area (Å²) in [5.41, 5.74) is 8.55. The van der Waals surface area contributed by atoms with Crippen molar-refractivity contribution in [3.63, 3.8) is 0 Å². The fourth-order valence-corrected chi connectivity index (χ4v) is 3.67. The van der Waals surface area contributed by atoms with Crippen molar-refractivity contribution in [2.24, 2.45) is 5.73 Å². The minimum Gasteiger partial charge on any atom is -0.329 e. The van der Waals surface area contributed by atoms with Gasteiger partial charge in [0.1, 0.15) is 0 Å². The van der Waals surface area contributed by atoms with Crippen LogP contribution in [0, 0.1) is 13.8 Å². The average molecular weight is 269 g/mol. The van der Waals surface area contributed by atoms with E-state index in [1.807, 2.05) is 32.0 Å². The number of aryl methyl sites for hydroxylation is 2. The lowest BCUT2D eigenvalue weighted by Crippen LogP contribution is -2.36. The highest BCUT2D eigenvalue weighted by Gasteiger charge is 2.40. The lowest BCUT2D eigenvalue weighted by molar-refractivity contribution is 0.417. The third-order valence-electron chi connectivity index (χ3n) is 3.58. The number of nitrogens with zero attached hydrogens (tertiary/aromatic N) is 2. The Morgan fingerprint density at radius 2 is 2.00 bits per heavy atom. The lowest BCUT2D eigenvalue weighted by atomic mass is 10.1. The van der Waals surface area contributed by atoms with Gasteiger partial charge in [0.05, 0.1) is 18.3 Å². The first-order chi connectivity index (χ1) is 8.37. The highest BCUT2D eigenvalue weighted by molar-refractivity contribution is 7.90. The van der Waals surface area contributed by atoms with Crippen LogP contribution in [0.5, 0.6) is 0 Å². The van der Waals surface area contributed by atoms with E-state index in [9.17, 15) is 8.42 Å². The van der Waals surface area contributed by atoms with Crippen LogP contribution >= 0.6 is 0 Å². The second-order valence-electron chi connectivity index (χ2n) is 4.71. The maximum absolute atomic E-state index is 12.3. The summed E-state index contributed by atoms with van der Waals surface area (Å²) in [4.78, 5) is 0. The van der Waals surface area contributed by atoms with Gasteiger partial charge in [-0.1, -0.05) is 6.07 Å². The standard InChI is InChI=1S/C12H19N3O2S/c1-9-4-5-11(6-10(9)2)15-8-12(7-13)14(3)18(15,16)17/h4-6,12H,7-8,13H2,1-3H3. The fourth-order valence-electron chi connectivity index (χ4n) is 2.09. The number of hydrogen-bond donors (Lipinski definition) is 1. The Hall–Kier alpha value is -1.11. The molecule has 5 nitrogen and oxygen atoms in total. The summed E-state index contributed by atoms with van der Waals surface area (Å²) < 4.78 is 27.3. The lowest BCUT2D eigenvalue weighted by Gasteiger charge is -2.18. The summed E-state index contributed by atoms with van der Waals surface area (Å²) in [6.07, 6.45) is 0.